The maximum atomic E-state index is 6.27. The zero-order valence-corrected chi connectivity index (χ0v) is 13.5. The Kier molecular flexibility index (Phi) is 5.21. The average Bonchev–Trinajstić information content (AvgIpc) is 2.44. The van der Waals surface area contributed by atoms with Crippen molar-refractivity contribution in [2.45, 2.75) is 25.8 Å². The van der Waals surface area contributed by atoms with Crippen LogP contribution in [0, 0.1) is 6.92 Å². The first-order chi connectivity index (χ1) is 9.58. The van der Waals surface area contributed by atoms with Gasteiger partial charge in [0.2, 0.25) is 0 Å². The molecular formula is C17H20BrNO. The first kappa shape index (κ1) is 15.1. The molecule has 2 rings (SSSR count). The molecule has 0 heterocycles. The second-order valence-corrected chi connectivity index (χ2v) is 5.97. The van der Waals surface area contributed by atoms with Crippen LogP contribution in [-0.2, 0) is 12.8 Å². The molecule has 0 amide bonds. The lowest BCUT2D eigenvalue weighted by Gasteiger charge is -2.14. The highest BCUT2D eigenvalue weighted by molar-refractivity contribution is 9.10. The number of hydrogen-bond acceptors (Lipinski definition) is 2. The van der Waals surface area contributed by atoms with E-state index in [9.17, 15) is 0 Å². The van der Waals surface area contributed by atoms with Crippen molar-refractivity contribution < 1.29 is 4.74 Å². The molecule has 106 valence electrons. The molecule has 0 aliphatic carbocycles. The number of hydrogen-bond donors (Lipinski definition) is 1. The third-order valence-electron chi connectivity index (χ3n) is 3.35. The Hall–Kier alpha value is -1.32. The summed E-state index contributed by atoms with van der Waals surface area (Å²) in [6.07, 6.45) is 1.70. The van der Waals surface area contributed by atoms with Crippen LogP contribution in [0.15, 0.2) is 46.9 Å². The van der Waals surface area contributed by atoms with E-state index in [2.05, 4.69) is 47.1 Å². The lowest BCUT2D eigenvalue weighted by molar-refractivity contribution is 0.414. The number of methoxy groups -OCH3 is 1. The van der Waals surface area contributed by atoms with Crippen LogP contribution < -0.4 is 10.5 Å². The number of ether oxygens (including phenoxy) is 1. The Morgan fingerprint density at radius 3 is 2.45 bits per heavy atom. The van der Waals surface area contributed by atoms with Gasteiger partial charge in [-0.3, -0.25) is 0 Å². The summed E-state index contributed by atoms with van der Waals surface area (Å²) in [5.74, 6) is 0.866. The van der Waals surface area contributed by atoms with Crippen molar-refractivity contribution >= 4 is 15.9 Å². The van der Waals surface area contributed by atoms with E-state index in [0.717, 1.165) is 23.1 Å². The van der Waals surface area contributed by atoms with Crippen molar-refractivity contribution in [1.82, 2.24) is 0 Å². The first-order valence-corrected chi connectivity index (χ1v) is 7.51. The molecule has 0 aliphatic rings. The van der Waals surface area contributed by atoms with Crippen molar-refractivity contribution in [1.29, 1.82) is 0 Å². The predicted octanol–water partition coefficient (Wildman–Crippen LogP) is 3.88. The fourth-order valence-electron chi connectivity index (χ4n) is 2.22. The van der Waals surface area contributed by atoms with E-state index < -0.39 is 0 Å². The second-order valence-electron chi connectivity index (χ2n) is 5.11. The van der Waals surface area contributed by atoms with Crippen LogP contribution in [-0.4, -0.2) is 13.2 Å². The van der Waals surface area contributed by atoms with Gasteiger partial charge < -0.3 is 10.5 Å². The molecule has 20 heavy (non-hydrogen) atoms. The average molecular weight is 334 g/mol. The van der Waals surface area contributed by atoms with Gasteiger partial charge in [0.25, 0.3) is 0 Å². The summed E-state index contributed by atoms with van der Waals surface area (Å²) in [5.41, 5.74) is 10.0. The van der Waals surface area contributed by atoms with Gasteiger partial charge in [-0.25, -0.2) is 0 Å². The third kappa shape index (κ3) is 4.09. The second kappa shape index (κ2) is 6.91. The van der Waals surface area contributed by atoms with E-state index in [1.165, 1.54) is 16.7 Å². The molecule has 2 nitrogen and oxygen atoms in total. The monoisotopic (exact) mass is 333 g/mol. The number of rotatable bonds is 5. The van der Waals surface area contributed by atoms with Crippen molar-refractivity contribution in [3.8, 4) is 5.75 Å². The van der Waals surface area contributed by atoms with Crippen molar-refractivity contribution in [3.05, 3.63) is 63.6 Å². The summed E-state index contributed by atoms with van der Waals surface area (Å²) in [5, 5.41) is 0. The highest BCUT2D eigenvalue weighted by atomic mass is 79.9. The van der Waals surface area contributed by atoms with E-state index in [0.29, 0.717) is 0 Å². The van der Waals surface area contributed by atoms with Crippen LogP contribution in [0.3, 0.4) is 0 Å². The van der Waals surface area contributed by atoms with E-state index in [1.807, 2.05) is 18.2 Å². The number of aryl methyl sites for hydroxylation is 1. The largest absolute Gasteiger partial charge is 0.497 e. The minimum absolute atomic E-state index is 0.0983. The summed E-state index contributed by atoms with van der Waals surface area (Å²) in [7, 11) is 1.68. The molecule has 2 aromatic rings. The number of nitrogens with two attached hydrogens (primary N) is 1. The molecule has 1 unspecified atom stereocenters. The fourth-order valence-corrected chi connectivity index (χ4v) is 2.62. The SMILES string of the molecule is COc1ccc(Br)c(CC(N)Cc2ccc(C)cc2)c1. The zero-order chi connectivity index (χ0) is 14.5. The standard InChI is InChI=1S/C17H20BrNO/c1-12-3-5-13(6-4-12)9-15(19)10-14-11-16(20-2)7-8-17(14)18/h3-8,11,15H,9-10,19H2,1-2H3. The predicted molar refractivity (Wildman–Crippen MR) is 87.3 cm³/mol. The molecular weight excluding hydrogens is 314 g/mol. The Balaban J connectivity index is 2.04. The van der Waals surface area contributed by atoms with Gasteiger partial charge in [-0.1, -0.05) is 45.8 Å². The van der Waals surface area contributed by atoms with Gasteiger partial charge in [-0.05, 0) is 49.1 Å². The van der Waals surface area contributed by atoms with Crippen LogP contribution in [0.4, 0.5) is 0 Å². The minimum atomic E-state index is 0.0983. The van der Waals surface area contributed by atoms with Crippen LogP contribution in [0.25, 0.3) is 0 Å². The van der Waals surface area contributed by atoms with Crippen LogP contribution >= 0.6 is 15.9 Å². The summed E-state index contributed by atoms with van der Waals surface area (Å²) in [4.78, 5) is 0. The van der Waals surface area contributed by atoms with Gasteiger partial charge >= 0.3 is 0 Å². The van der Waals surface area contributed by atoms with Crippen molar-refractivity contribution in [2.24, 2.45) is 5.73 Å². The van der Waals surface area contributed by atoms with Gasteiger partial charge in [0.05, 0.1) is 7.11 Å². The van der Waals surface area contributed by atoms with Gasteiger partial charge in [0.15, 0.2) is 0 Å². The molecule has 0 radical (unpaired) electrons. The van der Waals surface area contributed by atoms with E-state index in [1.54, 1.807) is 7.11 Å². The van der Waals surface area contributed by atoms with E-state index in [-0.39, 0.29) is 6.04 Å². The summed E-state index contributed by atoms with van der Waals surface area (Å²) in [6.45, 7) is 2.09. The Labute approximate surface area is 129 Å². The molecule has 0 saturated carbocycles. The summed E-state index contributed by atoms with van der Waals surface area (Å²) in [6, 6.07) is 14.6. The Morgan fingerprint density at radius 1 is 1.10 bits per heavy atom. The molecule has 0 bridgehead atoms. The van der Waals surface area contributed by atoms with Gasteiger partial charge in [0.1, 0.15) is 5.75 Å². The van der Waals surface area contributed by atoms with Crippen LogP contribution in [0.5, 0.6) is 5.75 Å². The lowest BCUT2D eigenvalue weighted by Crippen LogP contribution is -2.25. The lowest BCUT2D eigenvalue weighted by atomic mass is 9.99. The molecule has 2 aromatic carbocycles. The highest BCUT2D eigenvalue weighted by Gasteiger charge is 2.09. The van der Waals surface area contributed by atoms with Crippen molar-refractivity contribution in [2.75, 3.05) is 7.11 Å². The molecule has 0 saturated heterocycles. The molecule has 0 aliphatic heterocycles. The fraction of sp³-hybridized carbons (Fsp3) is 0.294. The minimum Gasteiger partial charge on any atom is -0.497 e. The van der Waals surface area contributed by atoms with Crippen LogP contribution in [0.2, 0.25) is 0 Å². The molecule has 3 heteroatoms. The molecule has 0 spiro atoms. The smallest absolute Gasteiger partial charge is 0.119 e. The van der Waals surface area contributed by atoms with Gasteiger partial charge in [-0.15, -0.1) is 0 Å². The summed E-state index contributed by atoms with van der Waals surface area (Å²) < 4.78 is 6.34. The van der Waals surface area contributed by atoms with E-state index >= 15 is 0 Å². The number of halogens is 1. The maximum absolute atomic E-state index is 6.27. The van der Waals surface area contributed by atoms with Crippen molar-refractivity contribution in [3.63, 3.8) is 0 Å². The first-order valence-electron chi connectivity index (χ1n) is 6.72. The molecule has 0 fully saturated rings. The quantitative estimate of drug-likeness (QED) is 0.901. The third-order valence-corrected chi connectivity index (χ3v) is 4.13. The molecule has 1 atom stereocenters. The highest BCUT2D eigenvalue weighted by Crippen LogP contribution is 2.24. The van der Waals surface area contributed by atoms with E-state index in [4.69, 9.17) is 10.5 Å². The van der Waals surface area contributed by atoms with Gasteiger partial charge in [-0.2, -0.15) is 0 Å². The Bertz CT molecular complexity index is 566. The summed E-state index contributed by atoms with van der Waals surface area (Å²) >= 11 is 3.57. The Morgan fingerprint density at radius 2 is 1.80 bits per heavy atom. The normalized spacial score (nSPS) is 12.2. The molecule has 0 aromatic heterocycles. The van der Waals surface area contributed by atoms with Crippen LogP contribution in [0.1, 0.15) is 16.7 Å². The molecule has 2 N–H and O–H groups in total. The van der Waals surface area contributed by atoms with Gasteiger partial charge in [0, 0.05) is 10.5 Å². The topological polar surface area (TPSA) is 35.2 Å². The number of benzene rings is 2. The zero-order valence-electron chi connectivity index (χ0n) is 11.9. The maximum Gasteiger partial charge on any atom is 0.119 e.